The van der Waals surface area contributed by atoms with E-state index in [1.807, 2.05) is 31.2 Å². The molecule has 1 atom stereocenters. The maximum absolute atomic E-state index is 12.3. The van der Waals surface area contributed by atoms with E-state index in [9.17, 15) is 9.59 Å². The summed E-state index contributed by atoms with van der Waals surface area (Å²) in [4.78, 5) is 26.0. The summed E-state index contributed by atoms with van der Waals surface area (Å²) in [6.45, 7) is 3.79. The van der Waals surface area contributed by atoms with Crippen molar-refractivity contribution in [3.8, 4) is 0 Å². The molecule has 2 amide bonds. The van der Waals surface area contributed by atoms with E-state index in [-0.39, 0.29) is 17.9 Å². The molecular formula is C17H25N3O2. The maximum atomic E-state index is 12.3. The molecular weight excluding hydrogens is 278 g/mol. The first kappa shape index (κ1) is 16.5. The van der Waals surface area contributed by atoms with Crippen molar-refractivity contribution >= 4 is 11.8 Å². The van der Waals surface area contributed by atoms with Crippen LogP contribution in [0.2, 0.25) is 0 Å². The number of amides is 2. The van der Waals surface area contributed by atoms with Crippen molar-refractivity contribution in [1.29, 1.82) is 0 Å². The Labute approximate surface area is 131 Å². The summed E-state index contributed by atoms with van der Waals surface area (Å²) in [5, 5.41) is 2.92. The SMILES string of the molecule is Cc1ccc(CN2C(=O)CCC2C(=O)NCCCCN)cc1. The first-order valence-corrected chi connectivity index (χ1v) is 7.94. The lowest BCUT2D eigenvalue weighted by Gasteiger charge is -2.24. The fourth-order valence-corrected chi connectivity index (χ4v) is 2.69. The van der Waals surface area contributed by atoms with Gasteiger partial charge >= 0.3 is 0 Å². The molecule has 1 fully saturated rings. The summed E-state index contributed by atoms with van der Waals surface area (Å²) in [6.07, 6.45) is 2.83. The van der Waals surface area contributed by atoms with Gasteiger partial charge in [-0.1, -0.05) is 29.8 Å². The molecule has 1 saturated heterocycles. The monoisotopic (exact) mass is 303 g/mol. The van der Waals surface area contributed by atoms with Crippen LogP contribution in [0.25, 0.3) is 0 Å². The van der Waals surface area contributed by atoms with Crippen LogP contribution < -0.4 is 11.1 Å². The van der Waals surface area contributed by atoms with Crippen molar-refractivity contribution in [1.82, 2.24) is 10.2 Å². The zero-order valence-electron chi connectivity index (χ0n) is 13.2. The average Bonchev–Trinajstić information content (AvgIpc) is 2.87. The lowest BCUT2D eigenvalue weighted by Crippen LogP contribution is -2.44. The fourth-order valence-electron chi connectivity index (χ4n) is 2.69. The van der Waals surface area contributed by atoms with Crippen molar-refractivity contribution < 1.29 is 9.59 Å². The lowest BCUT2D eigenvalue weighted by atomic mass is 10.1. The molecule has 0 spiro atoms. The molecule has 22 heavy (non-hydrogen) atoms. The number of aryl methyl sites for hydroxylation is 1. The van der Waals surface area contributed by atoms with Crippen molar-refractivity contribution in [2.24, 2.45) is 5.73 Å². The molecule has 1 aliphatic rings. The minimum Gasteiger partial charge on any atom is -0.354 e. The zero-order chi connectivity index (χ0) is 15.9. The number of unbranched alkanes of at least 4 members (excludes halogenated alkanes) is 1. The summed E-state index contributed by atoms with van der Waals surface area (Å²) >= 11 is 0. The molecule has 0 aliphatic carbocycles. The van der Waals surface area contributed by atoms with E-state index >= 15 is 0 Å². The van der Waals surface area contributed by atoms with Gasteiger partial charge in [0.15, 0.2) is 0 Å². The van der Waals surface area contributed by atoms with Gasteiger partial charge in [0.05, 0.1) is 0 Å². The number of benzene rings is 1. The average molecular weight is 303 g/mol. The molecule has 0 radical (unpaired) electrons. The van der Waals surface area contributed by atoms with E-state index in [1.54, 1.807) is 4.90 Å². The molecule has 1 aromatic rings. The van der Waals surface area contributed by atoms with Crippen LogP contribution in [0.4, 0.5) is 0 Å². The Morgan fingerprint density at radius 1 is 1.32 bits per heavy atom. The van der Waals surface area contributed by atoms with Gasteiger partial charge in [0, 0.05) is 19.5 Å². The second-order valence-electron chi connectivity index (χ2n) is 5.85. The van der Waals surface area contributed by atoms with Crippen molar-refractivity contribution in [3.63, 3.8) is 0 Å². The van der Waals surface area contributed by atoms with Gasteiger partial charge in [0.2, 0.25) is 11.8 Å². The number of carbonyl (C=O) groups excluding carboxylic acids is 2. The van der Waals surface area contributed by atoms with Crippen LogP contribution in [-0.4, -0.2) is 35.8 Å². The number of nitrogens with zero attached hydrogens (tertiary/aromatic N) is 1. The Bertz CT molecular complexity index is 513. The quantitative estimate of drug-likeness (QED) is 0.746. The summed E-state index contributed by atoms with van der Waals surface area (Å²) in [5.41, 5.74) is 7.68. The Hall–Kier alpha value is -1.88. The Kier molecular flexibility index (Phi) is 5.95. The maximum Gasteiger partial charge on any atom is 0.242 e. The largest absolute Gasteiger partial charge is 0.354 e. The third-order valence-corrected chi connectivity index (χ3v) is 4.03. The van der Waals surface area contributed by atoms with Crippen LogP contribution >= 0.6 is 0 Å². The molecule has 1 heterocycles. The molecule has 0 bridgehead atoms. The van der Waals surface area contributed by atoms with Gasteiger partial charge in [-0.15, -0.1) is 0 Å². The second-order valence-corrected chi connectivity index (χ2v) is 5.85. The van der Waals surface area contributed by atoms with Crippen molar-refractivity contribution in [3.05, 3.63) is 35.4 Å². The highest BCUT2D eigenvalue weighted by atomic mass is 16.2. The van der Waals surface area contributed by atoms with Crippen molar-refractivity contribution in [2.75, 3.05) is 13.1 Å². The summed E-state index contributed by atoms with van der Waals surface area (Å²) in [7, 11) is 0. The van der Waals surface area contributed by atoms with Gasteiger partial charge in [-0.25, -0.2) is 0 Å². The summed E-state index contributed by atoms with van der Waals surface area (Å²) in [6, 6.07) is 7.73. The number of rotatable bonds is 7. The zero-order valence-corrected chi connectivity index (χ0v) is 13.2. The number of nitrogens with one attached hydrogen (secondary N) is 1. The number of nitrogens with two attached hydrogens (primary N) is 1. The first-order valence-electron chi connectivity index (χ1n) is 7.94. The van der Waals surface area contributed by atoms with Crippen LogP contribution in [-0.2, 0) is 16.1 Å². The predicted molar refractivity (Wildman–Crippen MR) is 86.0 cm³/mol. The lowest BCUT2D eigenvalue weighted by molar-refractivity contribution is -0.135. The number of carbonyl (C=O) groups is 2. The molecule has 120 valence electrons. The second kappa shape index (κ2) is 7.94. The number of hydrogen-bond donors (Lipinski definition) is 2. The molecule has 1 unspecified atom stereocenters. The molecule has 0 aromatic heterocycles. The number of hydrogen-bond acceptors (Lipinski definition) is 3. The highest BCUT2D eigenvalue weighted by Crippen LogP contribution is 2.22. The van der Waals surface area contributed by atoms with Crippen LogP contribution in [0.15, 0.2) is 24.3 Å². The normalized spacial score (nSPS) is 17.8. The molecule has 5 heteroatoms. The van der Waals surface area contributed by atoms with Gasteiger partial charge in [-0.05, 0) is 38.3 Å². The molecule has 0 saturated carbocycles. The van der Waals surface area contributed by atoms with Crippen molar-refractivity contribution in [2.45, 2.75) is 45.2 Å². The molecule has 5 nitrogen and oxygen atoms in total. The van der Waals surface area contributed by atoms with Crippen LogP contribution in [0, 0.1) is 6.92 Å². The highest BCUT2D eigenvalue weighted by Gasteiger charge is 2.35. The van der Waals surface area contributed by atoms with E-state index in [0.29, 0.717) is 32.5 Å². The standard InChI is InChI=1S/C17H25N3O2/c1-13-4-6-14(7-5-13)12-20-15(8-9-16(20)21)17(22)19-11-3-2-10-18/h4-7,15H,2-3,8-12,18H2,1H3,(H,19,22). The molecule has 1 aliphatic heterocycles. The third-order valence-electron chi connectivity index (χ3n) is 4.03. The smallest absolute Gasteiger partial charge is 0.242 e. The highest BCUT2D eigenvalue weighted by molar-refractivity contribution is 5.90. The predicted octanol–water partition coefficient (Wildman–Crippen LogP) is 1.34. The minimum atomic E-state index is -0.341. The fraction of sp³-hybridized carbons (Fsp3) is 0.529. The van der Waals surface area contributed by atoms with E-state index in [0.717, 1.165) is 18.4 Å². The minimum absolute atomic E-state index is 0.0463. The Morgan fingerprint density at radius 2 is 2.05 bits per heavy atom. The molecule has 3 N–H and O–H groups in total. The van der Waals surface area contributed by atoms with E-state index in [1.165, 1.54) is 5.56 Å². The van der Waals surface area contributed by atoms with Crippen LogP contribution in [0.3, 0.4) is 0 Å². The molecule has 1 aromatic carbocycles. The molecule has 2 rings (SSSR count). The first-order chi connectivity index (χ1) is 10.6. The van der Waals surface area contributed by atoms with E-state index < -0.39 is 0 Å². The summed E-state index contributed by atoms with van der Waals surface area (Å²) < 4.78 is 0. The third kappa shape index (κ3) is 4.31. The van der Waals surface area contributed by atoms with Gasteiger partial charge < -0.3 is 16.0 Å². The van der Waals surface area contributed by atoms with Gasteiger partial charge in [0.1, 0.15) is 6.04 Å². The summed E-state index contributed by atoms with van der Waals surface area (Å²) in [5.74, 6) is 0.0117. The van der Waals surface area contributed by atoms with Gasteiger partial charge in [-0.2, -0.15) is 0 Å². The van der Waals surface area contributed by atoms with Crippen LogP contribution in [0.5, 0.6) is 0 Å². The number of likely N-dealkylation sites (tertiary alicyclic amines) is 1. The van der Waals surface area contributed by atoms with Crippen LogP contribution in [0.1, 0.15) is 36.8 Å². The topological polar surface area (TPSA) is 75.4 Å². The van der Waals surface area contributed by atoms with Gasteiger partial charge in [-0.3, -0.25) is 9.59 Å². The van der Waals surface area contributed by atoms with E-state index in [4.69, 9.17) is 5.73 Å². The van der Waals surface area contributed by atoms with E-state index in [2.05, 4.69) is 5.32 Å². The Balaban J connectivity index is 1.93. The Morgan fingerprint density at radius 3 is 2.73 bits per heavy atom. The van der Waals surface area contributed by atoms with Gasteiger partial charge in [0.25, 0.3) is 0 Å².